The van der Waals surface area contributed by atoms with Crippen molar-refractivity contribution in [3.05, 3.63) is 42.4 Å². The molecule has 5 heteroatoms. The van der Waals surface area contributed by atoms with E-state index >= 15 is 0 Å². The van der Waals surface area contributed by atoms with Gasteiger partial charge in [-0.3, -0.25) is 9.80 Å². The van der Waals surface area contributed by atoms with Gasteiger partial charge < -0.3 is 9.40 Å². The van der Waals surface area contributed by atoms with Crippen LogP contribution in [0.5, 0.6) is 0 Å². The van der Waals surface area contributed by atoms with Crippen LogP contribution in [0.1, 0.15) is 18.0 Å². The van der Waals surface area contributed by atoms with E-state index in [1.807, 2.05) is 24.5 Å². The van der Waals surface area contributed by atoms with E-state index in [0.29, 0.717) is 0 Å². The van der Waals surface area contributed by atoms with Gasteiger partial charge in [0.05, 0.1) is 19.4 Å². The highest BCUT2D eigenvalue weighted by atomic mass is 16.3. The minimum absolute atomic E-state index is 0.918. The molecule has 0 amide bonds. The third-order valence-electron chi connectivity index (χ3n) is 3.57. The number of hydrogen-bond donors (Lipinski definition) is 1. The lowest BCUT2D eigenvalue weighted by Crippen LogP contribution is -2.30. The van der Waals surface area contributed by atoms with E-state index in [2.05, 4.69) is 19.8 Å². The summed E-state index contributed by atoms with van der Waals surface area (Å²) in [6.07, 6.45) is 6.64. The van der Waals surface area contributed by atoms with Crippen LogP contribution in [0.4, 0.5) is 0 Å². The number of nitrogens with zero attached hydrogens (tertiary/aromatic N) is 3. The van der Waals surface area contributed by atoms with Crippen molar-refractivity contribution in [3.63, 3.8) is 0 Å². The van der Waals surface area contributed by atoms with Crippen LogP contribution in [-0.2, 0) is 13.1 Å². The summed E-state index contributed by atoms with van der Waals surface area (Å²) in [5.74, 6) is 2.11. The number of aromatic nitrogens is 2. The van der Waals surface area contributed by atoms with Crippen LogP contribution < -0.4 is 0 Å². The maximum Gasteiger partial charge on any atom is 0.120 e. The fourth-order valence-corrected chi connectivity index (χ4v) is 2.56. The fraction of sp³-hybridized carbons (Fsp3) is 0.500. The van der Waals surface area contributed by atoms with Gasteiger partial charge in [-0.2, -0.15) is 0 Å². The first-order valence-corrected chi connectivity index (χ1v) is 6.85. The summed E-state index contributed by atoms with van der Waals surface area (Å²) >= 11 is 0. The van der Waals surface area contributed by atoms with Gasteiger partial charge in [-0.25, -0.2) is 4.98 Å². The predicted molar refractivity (Wildman–Crippen MR) is 72.5 cm³/mol. The first-order valence-electron chi connectivity index (χ1n) is 6.85. The smallest absolute Gasteiger partial charge is 0.120 e. The summed E-state index contributed by atoms with van der Waals surface area (Å²) in [6.45, 7) is 6.27. The first-order chi connectivity index (χ1) is 9.40. The molecule has 1 fully saturated rings. The Labute approximate surface area is 113 Å². The van der Waals surface area contributed by atoms with Crippen LogP contribution >= 0.6 is 0 Å². The molecule has 1 aliphatic heterocycles. The lowest BCUT2D eigenvalue weighted by atomic mass is 10.3. The Hall–Kier alpha value is -1.59. The number of rotatable bonds is 4. The van der Waals surface area contributed by atoms with E-state index in [-0.39, 0.29) is 0 Å². The molecular weight excluding hydrogens is 240 g/mol. The summed E-state index contributed by atoms with van der Waals surface area (Å²) < 4.78 is 5.42. The van der Waals surface area contributed by atoms with Crippen molar-refractivity contribution in [3.8, 4) is 0 Å². The van der Waals surface area contributed by atoms with Crippen molar-refractivity contribution >= 4 is 0 Å². The molecule has 0 unspecified atom stereocenters. The molecule has 2 aromatic rings. The highest BCUT2D eigenvalue weighted by molar-refractivity contribution is 4.98. The Kier molecular flexibility index (Phi) is 3.95. The quantitative estimate of drug-likeness (QED) is 0.909. The molecule has 2 aromatic heterocycles. The monoisotopic (exact) mass is 260 g/mol. The van der Waals surface area contributed by atoms with Crippen LogP contribution in [0.2, 0.25) is 0 Å². The first kappa shape index (κ1) is 12.4. The van der Waals surface area contributed by atoms with E-state index in [1.165, 1.54) is 6.42 Å². The maximum absolute atomic E-state index is 5.42. The van der Waals surface area contributed by atoms with E-state index in [9.17, 15) is 0 Å². The summed E-state index contributed by atoms with van der Waals surface area (Å²) in [4.78, 5) is 12.4. The molecule has 102 valence electrons. The Bertz CT molecular complexity index is 421. The Morgan fingerprint density at radius 2 is 2.00 bits per heavy atom. The zero-order valence-electron chi connectivity index (χ0n) is 11.1. The molecule has 19 heavy (non-hydrogen) atoms. The Balaban J connectivity index is 1.51. The zero-order chi connectivity index (χ0) is 12.9. The molecule has 0 aromatic carbocycles. The standard InChI is InChI=1S/C14H20N4O/c1-3-13(19-10-1)11-17-6-2-7-18(9-8-17)12-14-15-4-5-16-14/h1,3-5,10H,2,6-9,11-12H2,(H,15,16). The van der Waals surface area contributed by atoms with E-state index in [0.717, 1.165) is 50.9 Å². The number of nitrogens with one attached hydrogen (secondary N) is 1. The van der Waals surface area contributed by atoms with Gasteiger partial charge in [-0.15, -0.1) is 0 Å². The van der Waals surface area contributed by atoms with Crippen LogP contribution in [-0.4, -0.2) is 45.9 Å². The van der Waals surface area contributed by atoms with Crippen molar-refractivity contribution in [2.24, 2.45) is 0 Å². The van der Waals surface area contributed by atoms with Crippen LogP contribution in [0.3, 0.4) is 0 Å². The summed E-state index contributed by atoms with van der Waals surface area (Å²) in [5, 5.41) is 0. The molecule has 5 nitrogen and oxygen atoms in total. The molecule has 0 aliphatic carbocycles. The Morgan fingerprint density at radius 1 is 1.16 bits per heavy atom. The van der Waals surface area contributed by atoms with Gasteiger partial charge in [-0.05, 0) is 31.6 Å². The van der Waals surface area contributed by atoms with Crippen molar-refractivity contribution < 1.29 is 4.42 Å². The lowest BCUT2D eigenvalue weighted by molar-refractivity contribution is 0.232. The van der Waals surface area contributed by atoms with Gasteiger partial charge >= 0.3 is 0 Å². The predicted octanol–water partition coefficient (Wildman–Crippen LogP) is 1.71. The molecule has 1 N–H and O–H groups in total. The molecule has 0 bridgehead atoms. The molecule has 3 heterocycles. The van der Waals surface area contributed by atoms with Crippen LogP contribution in [0, 0.1) is 0 Å². The van der Waals surface area contributed by atoms with E-state index in [1.54, 1.807) is 6.26 Å². The van der Waals surface area contributed by atoms with Gasteiger partial charge in [0, 0.05) is 25.5 Å². The molecule has 3 rings (SSSR count). The molecule has 0 saturated carbocycles. The third-order valence-corrected chi connectivity index (χ3v) is 3.57. The van der Waals surface area contributed by atoms with Crippen molar-refractivity contribution in [2.45, 2.75) is 19.5 Å². The topological polar surface area (TPSA) is 48.3 Å². The largest absolute Gasteiger partial charge is 0.468 e. The number of imidazole rings is 1. The zero-order valence-corrected chi connectivity index (χ0v) is 11.1. The maximum atomic E-state index is 5.42. The molecule has 0 atom stereocenters. The van der Waals surface area contributed by atoms with Crippen LogP contribution in [0.25, 0.3) is 0 Å². The average molecular weight is 260 g/mol. The number of H-pyrrole nitrogens is 1. The Morgan fingerprint density at radius 3 is 2.68 bits per heavy atom. The minimum atomic E-state index is 0.918. The number of furan rings is 1. The number of aromatic amines is 1. The van der Waals surface area contributed by atoms with E-state index < -0.39 is 0 Å². The molecule has 0 spiro atoms. The van der Waals surface area contributed by atoms with Crippen molar-refractivity contribution in [2.75, 3.05) is 26.2 Å². The molecular formula is C14H20N4O. The SMILES string of the molecule is c1coc(CN2CCCN(Cc3ncc[nH]3)CC2)c1. The van der Waals surface area contributed by atoms with Gasteiger partial charge in [-0.1, -0.05) is 0 Å². The molecule has 0 radical (unpaired) electrons. The minimum Gasteiger partial charge on any atom is -0.468 e. The molecule has 1 aliphatic rings. The highest BCUT2D eigenvalue weighted by Crippen LogP contribution is 2.10. The van der Waals surface area contributed by atoms with Crippen molar-refractivity contribution in [1.82, 2.24) is 19.8 Å². The van der Waals surface area contributed by atoms with Gasteiger partial charge in [0.1, 0.15) is 11.6 Å². The van der Waals surface area contributed by atoms with Crippen LogP contribution in [0.15, 0.2) is 35.2 Å². The fourth-order valence-electron chi connectivity index (χ4n) is 2.56. The summed E-state index contributed by atoms with van der Waals surface area (Å²) in [6, 6.07) is 4.00. The normalized spacial score (nSPS) is 18.5. The summed E-state index contributed by atoms with van der Waals surface area (Å²) in [7, 11) is 0. The second-order valence-electron chi connectivity index (χ2n) is 5.02. The van der Waals surface area contributed by atoms with Gasteiger partial charge in [0.25, 0.3) is 0 Å². The number of hydrogen-bond acceptors (Lipinski definition) is 4. The molecule has 1 saturated heterocycles. The van der Waals surface area contributed by atoms with Crippen molar-refractivity contribution in [1.29, 1.82) is 0 Å². The van der Waals surface area contributed by atoms with E-state index in [4.69, 9.17) is 4.42 Å². The average Bonchev–Trinajstić information content (AvgIpc) is 3.04. The highest BCUT2D eigenvalue weighted by Gasteiger charge is 2.16. The summed E-state index contributed by atoms with van der Waals surface area (Å²) in [5.41, 5.74) is 0. The second kappa shape index (κ2) is 6.04. The third kappa shape index (κ3) is 3.45. The lowest BCUT2D eigenvalue weighted by Gasteiger charge is -2.20. The van der Waals surface area contributed by atoms with Gasteiger partial charge in [0.15, 0.2) is 0 Å². The second-order valence-corrected chi connectivity index (χ2v) is 5.02. The van der Waals surface area contributed by atoms with Gasteiger partial charge in [0.2, 0.25) is 0 Å².